The molecule has 6 nitrogen and oxygen atoms in total. The molecule has 0 bridgehead atoms. The Balaban J connectivity index is 1.77. The Morgan fingerprint density at radius 2 is 1.97 bits per heavy atom. The maximum Gasteiger partial charge on any atom is 0.333 e. The molecular weight excluding hydrogens is 441 g/mol. The predicted octanol–water partition coefficient (Wildman–Crippen LogP) is 4.76. The third-order valence-electron chi connectivity index (χ3n) is 4.95. The first kappa shape index (κ1) is 19.5. The van der Waals surface area contributed by atoms with Crippen LogP contribution in [0.25, 0.3) is 37.1 Å². The summed E-state index contributed by atoms with van der Waals surface area (Å²) in [7, 11) is 1.55. The number of benzene rings is 2. The number of hydrogen-bond acceptors (Lipinski definition) is 5. The maximum absolute atomic E-state index is 13.6. The molecule has 0 saturated carbocycles. The Labute approximate surface area is 183 Å². The molecule has 1 N–H and O–H groups in total. The van der Waals surface area contributed by atoms with E-state index in [1.807, 2.05) is 0 Å². The lowest BCUT2D eigenvalue weighted by Gasteiger charge is -2.08. The van der Waals surface area contributed by atoms with Crippen LogP contribution in [0.4, 0.5) is 4.39 Å². The minimum atomic E-state index is -0.614. The molecule has 0 aliphatic carbocycles. The number of aromatic amines is 1. The number of thiophene rings is 1. The Morgan fingerprint density at radius 3 is 2.77 bits per heavy atom. The SMILES string of the molecule is COc1ccc(Cl)c(-c2cc3[nH]c(=O)n(-c4cncc5cc(F)ccc45)c(=O)c3s2)c1. The average molecular weight is 454 g/mol. The molecule has 0 atom stereocenters. The van der Waals surface area contributed by atoms with E-state index in [1.54, 1.807) is 31.4 Å². The molecule has 31 heavy (non-hydrogen) atoms. The van der Waals surface area contributed by atoms with Gasteiger partial charge in [-0.3, -0.25) is 9.78 Å². The van der Waals surface area contributed by atoms with E-state index in [1.165, 1.54) is 41.9 Å². The first-order valence-electron chi connectivity index (χ1n) is 9.12. The first-order valence-corrected chi connectivity index (χ1v) is 10.3. The van der Waals surface area contributed by atoms with Crippen LogP contribution in [0, 0.1) is 5.82 Å². The van der Waals surface area contributed by atoms with Gasteiger partial charge in [-0.25, -0.2) is 13.8 Å². The second-order valence-electron chi connectivity index (χ2n) is 6.79. The van der Waals surface area contributed by atoms with Crippen molar-refractivity contribution in [2.75, 3.05) is 7.11 Å². The highest BCUT2D eigenvalue weighted by Crippen LogP contribution is 2.37. The van der Waals surface area contributed by atoms with Gasteiger partial charge in [0.25, 0.3) is 5.56 Å². The van der Waals surface area contributed by atoms with E-state index in [4.69, 9.17) is 16.3 Å². The smallest absolute Gasteiger partial charge is 0.333 e. The zero-order valence-electron chi connectivity index (χ0n) is 16.0. The third kappa shape index (κ3) is 3.20. The van der Waals surface area contributed by atoms with E-state index in [0.717, 1.165) is 4.57 Å². The molecule has 0 spiro atoms. The first-order chi connectivity index (χ1) is 15.0. The summed E-state index contributed by atoms with van der Waals surface area (Å²) < 4.78 is 20.2. The topological polar surface area (TPSA) is 77.0 Å². The molecule has 0 radical (unpaired) electrons. The van der Waals surface area contributed by atoms with Gasteiger partial charge >= 0.3 is 5.69 Å². The monoisotopic (exact) mass is 453 g/mol. The molecule has 5 aromatic rings. The molecule has 0 aliphatic heterocycles. The Bertz CT molecular complexity index is 1610. The van der Waals surface area contributed by atoms with Crippen LogP contribution in [0.2, 0.25) is 5.02 Å². The molecule has 9 heteroatoms. The van der Waals surface area contributed by atoms with Gasteiger partial charge < -0.3 is 9.72 Å². The number of H-pyrrole nitrogens is 1. The molecule has 0 saturated heterocycles. The summed E-state index contributed by atoms with van der Waals surface area (Å²) in [5.41, 5.74) is 0.269. The van der Waals surface area contributed by atoms with Crippen molar-refractivity contribution in [1.29, 1.82) is 0 Å². The van der Waals surface area contributed by atoms with Gasteiger partial charge in [-0.05, 0) is 42.5 Å². The van der Waals surface area contributed by atoms with Crippen LogP contribution in [0.15, 0.2) is 64.4 Å². The molecule has 0 aliphatic rings. The molecule has 0 unspecified atom stereocenters. The van der Waals surface area contributed by atoms with E-state index in [0.29, 0.717) is 42.2 Å². The molecule has 3 heterocycles. The number of ether oxygens (including phenoxy) is 1. The van der Waals surface area contributed by atoms with Crippen molar-refractivity contribution in [2.45, 2.75) is 0 Å². The zero-order chi connectivity index (χ0) is 21.7. The highest BCUT2D eigenvalue weighted by molar-refractivity contribution is 7.22. The van der Waals surface area contributed by atoms with Crippen LogP contribution in [-0.2, 0) is 0 Å². The summed E-state index contributed by atoms with van der Waals surface area (Å²) in [6.45, 7) is 0. The van der Waals surface area contributed by atoms with Crippen LogP contribution < -0.4 is 16.0 Å². The van der Waals surface area contributed by atoms with E-state index >= 15 is 0 Å². The molecule has 2 aromatic carbocycles. The number of halogens is 2. The second-order valence-corrected chi connectivity index (χ2v) is 8.25. The lowest BCUT2D eigenvalue weighted by atomic mass is 10.1. The molecular formula is C22H13ClFN3O3S. The van der Waals surface area contributed by atoms with Gasteiger partial charge in [0.05, 0.1) is 24.5 Å². The van der Waals surface area contributed by atoms with Crippen molar-refractivity contribution in [3.05, 3.63) is 86.5 Å². The minimum Gasteiger partial charge on any atom is -0.497 e. The maximum atomic E-state index is 13.6. The summed E-state index contributed by atoms with van der Waals surface area (Å²) in [5, 5.41) is 1.52. The molecule has 5 rings (SSSR count). The normalized spacial score (nSPS) is 11.3. The van der Waals surface area contributed by atoms with Gasteiger partial charge in [-0.15, -0.1) is 11.3 Å². The number of nitrogens with zero attached hydrogens (tertiary/aromatic N) is 2. The van der Waals surface area contributed by atoms with Crippen molar-refractivity contribution >= 4 is 43.9 Å². The zero-order valence-corrected chi connectivity index (χ0v) is 17.6. The van der Waals surface area contributed by atoms with Crippen LogP contribution in [0.1, 0.15) is 0 Å². The van der Waals surface area contributed by atoms with Crippen molar-refractivity contribution in [3.63, 3.8) is 0 Å². The Hall–Kier alpha value is -3.49. The van der Waals surface area contributed by atoms with Crippen molar-refractivity contribution in [1.82, 2.24) is 14.5 Å². The number of rotatable bonds is 3. The standard InChI is InChI=1S/C22H13ClFN3O3S/c1-30-13-3-5-16(23)15(7-13)19-8-17-20(31-19)21(28)27(22(29)26-17)18-10-25-9-11-6-12(24)2-4-14(11)18/h2-10H,1H3,(H,26,29). The average Bonchev–Trinajstić information content (AvgIpc) is 3.18. The van der Waals surface area contributed by atoms with E-state index < -0.39 is 17.1 Å². The van der Waals surface area contributed by atoms with Gasteiger partial charge in [0, 0.05) is 32.4 Å². The number of fused-ring (bicyclic) bond motifs is 2. The van der Waals surface area contributed by atoms with Crippen LogP contribution in [0.3, 0.4) is 0 Å². The highest BCUT2D eigenvalue weighted by atomic mass is 35.5. The van der Waals surface area contributed by atoms with Gasteiger partial charge in [-0.2, -0.15) is 0 Å². The number of pyridine rings is 1. The quantitative estimate of drug-likeness (QED) is 0.427. The summed E-state index contributed by atoms with van der Waals surface area (Å²) in [6, 6.07) is 11.0. The van der Waals surface area contributed by atoms with Crippen molar-refractivity contribution in [3.8, 4) is 21.9 Å². The van der Waals surface area contributed by atoms with Gasteiger partial charge in [0.2, 0.25) is 0 Å². The summed E-state index contributed by atoms with van der Waals surface area (Å²) in [5.74, 6) is 0.193. The summed E-state index contributed by atoms with van der Waals surface area (Å²) in [4.78, 5) is 33.7. The predicted molar refractivity (Wildman–Crippen MR) is 120 cm³/mol. The Kier molecular flexibility index (Phi) is 4.60. The van der Waals surface area contributed by atoms with Gasteiger partial charge in [-0.1, -0.05) is 11.6 Å². The summed E-state index contributed by atoms with van der Waals surface area (Å²) >= 11 is 7.56. The number of aromatic nitrogens is 3. The number of nitrogens with one attached hydrogen (secondary N) is 1. The Morgan fingerprint density at radius 1 is 1.13 bits per heavy atom. The molecule has 154 valence electrons. The highest BCUT2D eigenvalue weighted by Gasteiger charge is 2.17. The molecule has 0 amide bonds. The fraction of sp³-hybridized carbons (Fsp3) is 0.0455. The molecule has 0 fully saturated rings. The lowest BCUT2D eigenvalue weighted by molar-refractivity contribution is 0.415. The second kappa shape index (κ2) is 7.33. The van der Waals surface area contributed by atoms with Crippen molar-refractivity contribution < 1.29 is 9.13 Å². The van der Waals surface area contributed by atoms with Crippen molar-refractivity contribution in [2.24, 2.45) is 0 Å². The fourth-order valence-electron chi connectivity index (χ4n) is 3.49. The number of hydrogen-bond donors (Lipinski definition) is 1. The van der Waals surface area contributed by atoms with Crippen LogP contribution in [-0.4, -0.2) is 21.6 Å². The van der Waals surface area contributed by atoms with Gasteiger partial charge in [0.15, 0.2) is 0 Å². The summed E-state index contributed by atoms with van der Waals surface area (Å²) in [6.07, 6.45) is 2.89. The number of methoxy groups -OCH3 is 1. The van der Waals surface area contributed by atoms with Crippen LogP contribution >= 0.6 is 22.9 Å². The van der Waals surface area contributed by atoms with E-state index in [9.17, 15) is 14.0 Å². The minimum absolute atomic E-state index is 0.278. The van der Waals surface area contributed by atoms with E-state index in [2.05, 4.69) is 9.97 Å². The lowest BCUT2D eigenvalue weighted by Crippen LogP contribution is -2.33. The molecule has 3 aromatic heterocycles. The third-order valence-corrected chi connectivity index (χ3v) is 6.44. The largest absolute Gasteiger partial charge is 0.497 e. The van der Waals surface area contributed by atoms with Gasteiger partial charge in [0.1, 0.15) is 16.3 Å². The van der Waals surface area contributed by atoms with Crippen LogP contribution in [0.5, 0.6) is 5.75 Å². The van der Waals surface area contributed by atoms with E-state index in [-0.39, 0.29) is 5.69 Å². The fourth-order valence-corrected chi connectivity index (χ4v) is 4.84.